The van der Waals surface area contributed by atoms with Crippen molar-refractivity contribution in [3.63, 3.8) is 0 Å². The smallest absolute Gasteiger partial charge is 0.327 e. The van der Waals surface area contributed by atoms with Crippen molar-refractivity contribution in [3.8, 4) is 5.75 Å². The molecule has 0 aliphatic carbocycles. The molecule has 1 amide bonds. The van der Waals surface area contributed by atoms with E-state index < -0.39 is 19.2 Å². The van der Waals surface area contributed by atoms with E-state index in [1.807, 2.05) is 40.7 Å². The van der Waals surface area contributed by atoms with Gasteiger partial charge in [0, 0.05) is 29.3 Å². The number of hydrogen-bond acceptors (Lipinski definition) is 5. The molecule has 2 rings (SSSR count). The zero-order valence-corrected chi connectivity index (χ0v) is 19.6. The Kier molecular flexibility index (Phi) is 7.32. The Morgan fingerprint density at radius 2 is 1.73 bits per heavy atom. The number of phenolic OH excluding ortho intramolecular Hbond substituents is 1. The van der Waals surface area contributed by atoms with Gasteiger partial charge in [0.1, 0.15) is 5.75 Å². The number of aromatic hydroxyl groups is 1. The summed E-state index contributed by atoms with van der Waals surface area (Å²) in [4.78, 5) is 32.6. The molecule has 0 radical (unpaired) electrons. The Hall–Kier alpha value is -1.57. The molecule has 166 valence electrons. The topological polar surface area (TPSA) is 118 Å². The second-order valence-corrected chi connectivity index (χ2v) is 11.8. The van der Waals surface area contributed by atoms with Gasteiger partial charge in [-0.05, 0) is 34.6 Å². The van der Waals surface area contributed by atoms with Crippen LogP contribution < -0.4 is 0 Å². The van der Waals surface area contributed by atoms with E-state index in [-0.39, 0.29) is 30.2 Å². The molecule has 0 saturated heterocycles. The molecule has 9 heteroatoms. The third-order valence-corrected chi connectivity index (χ3v) is 6.49. The van der Waals surface area contributed by atoms with Crippen LogP contribution in [0.15, 0.2) is 28.6 Å². The Morgan fingerprint density at radius 1 is 1.13 bits per heavy atom. The number of aliphatic hydroxyl groups is 1. The minimum Gasteiger partial charge on any atom is -0.507 e. The van der Waals surface area contributed by atoms with Crippen molar-refractivity contribution in [2.45, 2.75) is 45.4 Å². The van der Waals surface area contributed by atoms with Crippen LogP contribution in [0.25, 0.3) is 6.08 Å². The summed E-state index contributed by atoms with van der Waals surface area (Å²) in [5.41, 5.74) is 0.951. The molecule has 0 atom stereocenters. The minimum absolute atomic E-state index is 0.0802. The summed E-state index contributed by atoms with van der Waals surface area (Å²) < 4.78 is 11.1. The first-order valence-electron chi connectivity index (χ1n) is 9.55. The standard InChI is InChI=1S/C21H30NO6PS/c1-20(2,3)15-10-14(11-16(18(15)24)21(4,5)13-23)12-17-19(25)22(7-9-30-17)6-8-29(26,27)28/h7,9-12,23-24H,6,8,13H2,1-5H3,(H2,26,27,28). The van der Waals surface area contributed by atoms with Crippen molar-refractivity contribution in [2.75, 3.05) is 19.3 Å². The highest BCUT2D eigenvalue weighted by Gasteiger charge is 2.29. The lowest BCUT2D eigenvalue weighted by Crippen LogP contribution is -2.30. The number of nitrogens with zero attached hydrogens (tertiary/aromatic N) is 1. The highest BCUT2D eigenvalue weighted by atomic mass is 32.2. The van der Waals surface area contributed by atoms with Gasteiger partial charge >= 0.3 is 7.60 Å². The fourth-order valence-corrected chi connectivity index (χ4v) is 4.26. The van der Waals surface area contributed by atoms with Crippen LogP contribution in [-0.2, 0) is 20.2 Å². The summed E-state index contributed by atoms with van der Waals surface area (Å²) in [6.07, 6.45) is 2.80. The van der Waals surface area contributed by atoms with Gasteiger partial charge in [0.05, 0.1) is 17.7 Å². The van der Waals surface area contributed by atoms with E-state index >= 15 is 0 Å². The van der Waals surface area contributed by atoms with Crippen LogP contribution in [0.5, 0.6) is 5.75 Å². The van der Waals surface area contributed by atoms with Crippen molar-refractivity contribution >= 4 is 31.3 Å². The third kappa shape index (κ3) is 5.99. The average Bonchev–Trinajstić information content (AvgIpc) is 2.61. The highest BCUT2D eigenvalue weighted by molar-refractivity contribution is 8.06. The van der Waals surface area contributed by atoms with E-state index in [2.05, 4.69) is 0 Å². The molecule has 0 saturated carbocycles. The average molecular weight is 456 g/mol. The Bertz CT molecular complexity index is 926. The van der Waals surface area contributed by atoms with Crippen LogP contribution in [0.3, 0.4) is 0 Å². The van der Waals surface area contributed by atoms with Gasteiger partial charge in [-0.3, -0.25) is 9.36 Å². The largest absolute Gasteiger partial charge is 0.507 e. The number of phenols is 1. The first-order valence-corrected chi connectivity index (χ1v) is 12.2. The van der Waals surface area contributed by atoms with E-state index in [9.17, 15) is 19.6 Å². The molecule has 1 aliphatic rings. The first kappa shape index (κ1) is 24.7. The zero-order chi connectivity index (χ0) is 22.9. The van der Waals surface area contributed by atoms with E-state index in [4.69, 9.17) is 9.79 Å². The van der Waals surface area contributed by atoms with Gasteiger partial charge in [-0.25, -0.2) is 0 Å². The maximum atomic E-state index is 12.8. The number of carbonyl (C=O) groups is 1. The van der Waals surface area contributed by atoms with Crippen LogP contribution in [0, 0.1) is 0 Å². The lowest BCUT2D eigenvalue weighted by atomic mass is 9.78. The lowest BCUT2D eigenvalue weighted by molar-refractivity contribution is -0.123. The number of thioether (sulfide) groups is 1. The molecule has 1 aromatic rings. The minimum atomic E-state index is -4.21. The SMILES string of the molecule is CC(C)(C)c1cc(C=C2SC=CN(CCP(=O)(O)O)C2=O)cc(C(C)(C)CO)c1O. The van der Waals surface area contributed by atoms with Gasteiger partial charge < -0.3 is 24.9 Å². The maximum Gasteiger partial charge on any atom is 0.327 e. The second kappa shape index (κ2) is 8.89. The molecule has 0 bridgehead atoms. The predicted molar refractivity (Wildman–Crippen MR) is 120 cm³/mol. The Labute approximate surface area is 181 Å². The molecular weight excluding hydrogens is 425 g/mol. The van der Waals surface area contributed by atoms with Gasteiger partial charge in [0.25, 0.3) is 5.91 Å². The van der Waals surface area contributed by atoms with Crippen molar-refractivity contribution in [1.82, 2.24) is 4.90 Å². The van der Waals surface area contributed by atoms with Gasteiger partial charge in [0.2, 0.25) is 0 Å². The number of benzene rings is 1. The van der Waals surface area contributed by atoms with Crippen LogP contribution in [0.1, 0.15) is 51.3 Å². The molecule has 1 aromatic carbocycles. The summed E-state index contributed by atoms with van der Waals surface area (Å²) in [6, 6.07) is 3.59. The predicted octanol–water partition coefficient (Wildman–Crippen LogP) is 3.52. The normalized spacial score (nSPS) is 17.1. The molecule has 0 fully saturated rings. The molecule has 0 spiro atoms. The van der Waals surface area contributed by atoms with Gasteiger partial charge in [-0.1, -0.05) is 46.4 Å². The molecule has 0 aromatic heterocycles. The number of carbonyl (C=O) groups excluding carboxylic acids is 1. The van der Waals surface area contributed by atoms with Crippen molar-refractivity contribution in [2.24, 2.45) is 0 Å². The quantitative estimate of drug-likeness (QED) is 0.383. The van der Waals surface area contributed by atoms with Crippen LogP contribution in [0.4, 0.5) is 0 Å². The summed E-state index contributed by atoms with van der Waals surface area (Å²) in [6.45, 7) is 9.35. The van der Waals surface area contributed by atoms with Crippen LogP contribution in [-0.4, -0.2) is 50.1 Å². The van der Waals surface area contributed by atoms with Gasteiger partial charge in [-0.15, -0.1) is 0 Å². The van der Waals surface area contributed by atoms with Crippen molar-refractivity contribution in [3.05, 3.63) is 45.3 Å². The fourth-order valence-electron chi connectivity index (χ4n) is 3.01. The number of hydrogen-bond donors (Lipinski definition) is 4. The Morgan fingerprint density at radius 3 is 2.27 bits per heavy atom. The van der Waals surface area contributed by atoms with E-state index in [0.29, 0.717) is 21.6 Å². The highest BCUT2D eigenvalue weighted by Crippen LogP contribution is 2.41. The molecular formula is C21H30NO6PS. The van der Waals surface area contributed by atoms with E-state index in [0.717, 1.165) is 0 Å². The van der Waals surface area contributed by atoms with Crippen LogP contribution >= 0.6 is 19.4 Å². The summed E-state index contributed by atoms with van der Waals surface area (Å²) in [7, 11) is -4.21. The number of aliphatic hydroxyl groups excluding tert-OH is 1. The van der Waals surface area contributed by atoms with E-state index in [1.54, 1.807) is 17.6 Å². The molecule has 1 heterocycles. The fraction of sp³-hybridized carbons (Fsp3) is 0.476. The monoisotopic (exact) mass is 455 g/mol. The number of rotatable bonds is 6. The van der Waals surface area contributed by atoms with Gasteiger partial charge in [-0.2, -0.15) is 0 Å². The summed E-state index contributed by atoms with van der Waals surface area (Å²) >= 11 is 1.22. The second-order valence-electron chi connectivity index (χ2n) is 9.06. The number of amides is 1. The van der Waals surface area contributed by atoms with E-state index in [1.165, 1.54) is 22.9 Å². The summed E-state index contributed by atoms with van der Waals surface area (Å²) in [5.74, 6) is -0.209. The molecule has 0 unspecified atom stereocenters. The zero-order valence-electron chi connectivity index (χ0n) is 17.9. The molecule has 4 N–H and O–H groups in total. The van der Waals surface area contributed by atoms with Crippen molar-refractivity contribution < 1.29 is 29.4 Å². The molecule has 1 aliphatic heterocycles. The first-order chi connectivity index (χ1) is 13.7. The summed E-state index contributed by atoms with van der Waals surface area (Å²) in [5, 5.41) is 22.4. The Balaban J connectivity index is 2.49. The maximum absolute atomic E-state index is 12.8. The molecule has 7 nitrogen and oxygen atoms in total. The third-order valence-electron chi connectivity index (χ3n) is 4.90. The van der Waals surface area contributed by atoms with Crippen LogP contribution in [0.2, 0.25) is 0 Å². The van der Waals surface area contributed by atoms with Gasteiger partial charge in [0.15, 0.2) is 0 Å². The molecule has 30 heavy (non-hydrogen) atoms. The lowest BCUT2D eigenvalue weighted by Gasteiger charge is -2.29. The van der Waals surface area contributed by atoms with Crippen molar-refractivity contribution in [1.29, 1.82) is 0 Å².